The molecule has 1 aliphatic rings. The number of ketones is 1. The lowest BCUT2D eigenvalue weighted by Crippen LogP contribution is -2.42. The third-order valence-electron chi connectivity index (χ3n) is 5.04. The van der Waals surface area contributed by atoms with Crippen LogP contribution in [-0.2, 0) is 5.60 Å². The van der Waals surface area contributed by atoms with Crippen molar-refractivity contribution in [3.8, 4) is 0 Å². The van der Waals surface area contributed by atoms with Crippen molar-refractivity contribution in [2.24, 2.45) is 0 Å². The summed E-state index contributed by atoms with van der Waals surface area (Å²) in [6.07, 6.45) is 2.66. The van der Waals surface area contributed by atoms with E-state index in [0.717, 1.165) is 31.6 Å². The molecule has 0 atom stereocenters. The summed E-state index contributed by atoms with van der Waals surface area (Å²) in [7, 11) is 0. The predicted octanol–water partition coefficient (Wildman–Crippen LogP) is 4.19. The van der Waals surface area contributed by atoms with Gasteiger partial charge in [0.05, 0.1) is 5.60 Å². The standard InChI is InChI=1S/C21H24FNO2.ClH/c22-19-10-8-17(9-11-19)20(24)7-4-14-23-15-12-21(25,13-16-23)18-5-2-1-3-6-18;/h1-3,5-6,8-11,25H,4,7,12-16H2;1H. The lowest BCUT2D eigenvalue weighted by molar-refractivity contribution is -0.0260. The topological polar surface area (TPSA) is 40.5 Å². The molecule has 0 bridgehead atoms. The Labute approximate surface area is 160 Å². The fourth-order valence-electron chi connectivity index (χ4n) is 3.43. The second-order valence-corrected chi connectivity index (χ2v) is 6.77. The van der Waals surface area contributed by atoms with Crippen LogP contribution in [-0.4, -0.2) is 35.4 Å². The van der Waals surface area contributed by atoms with Gasteiger partial charge in [0.2, 0.25) is 0 Å². The van der Waals surface area contributed by atoms with Crippen LogP contribution in [0.15, 0.2) is 54.6 Å². The highest BCUT2D eigenvalue weighted by atomic mass is 35.5. The van der Waals surface area contributed by atoms with E-state index < -0.39 is 5.60 Å². The summed E-state index contributed by atoms with van der Waals surface area (Å²) in [5.41, 5.74) is 0.821. The minimum atomic E-state index is -0.734. The first-order valence-corrected chi connectivity index (χ1v) is 8.86. The van der Waals surface area contributed by atoms with Gasteiger partial charge < -0.3 is 10.0 Å². The predicted molar refractivity (Wildman–Crippen MR) is 103 cm³/mol. The Hall–Kier alpha value is -1.75. The van der Waals surface area contributed by atoms with E-state index in [1.807, 2.05) is 30.3 Å². The SMILES string of the molecule is Cl.O=C(CCCN1CCC(O)(c2ccccc2)CC1)c1ccc(F)cc1. The molecular weight excluding hydrogens is 353 g/mol. The van der Waals surface area contributed by atoms with Crippen LogP contribution in [0, 0.1) is 5.82 Å². The van der Waals surface area contributed by atoms with E-state index in [4.69, 9.17) is 0 Å². The van der Waals surface area contributed by atoms with Gasteiger partial charge in [0.15, 0.2) is 5.78 Å². The molecule has 2 aromatic carbocycles. The zero-order chi connectivity index (χ0) is 17.7. The number of hydrogen-bond donors (Lipinski definition) is 1. The normalized spacial score (nSPS) is 16.7. The van der Waals surface area contributed by atoms with Crippen molar-refractivity contribution in [2.45, 2.75) is 31.3 Å². The van der Waals surface area contributed by atoms with Crippen LogP contribution in [0.25, 0.3) is 0 Å². The van der Waals surface area contributed by atoms with Gasteiger partial charge >= 0.3 is 0 Å². The number of nitrogens with zero attached hydrogens (tertiary/aromatic N) is 1. The molecule has 26 heavy (non-hydrogen) atoms. The number of benzene rings is 2. The van der Waals surface area contributed by atoms with E-state index in [1.54, 1.807) is 12.1 Å². The van der Waals surface area contributed by atoms with Gasteiger partial charge in [0, 0.05) is 25.1 Å². The van der Waals surface area contributed by atoms with Crippen molar-refractivity contribution in [2.75, 3.05) is 19.6 Å². The van der Waals surface area contributed by atoms with Crippen LogP contribution in [0.4, 0.5) is 4.39 Å². The Morgan fingerprint density at radius 3 is 2.27 bits per heavy atom. The highest BCUT2D eigenvalue weighted by Gasteiger charge is 2.33. The van der Waals surface area contributed by atoms with Gasteiger partial charge in [-0.25, -0.2) is 4.39 Å². The molecule has 1 N–H and O–H groups in total. The lowest BCUT2D eigenvalue weighted by atomic mass is 9.84. The Morgan fingerprint density at radius 2 is 1.65 bits per heavy atom. The molecule has 1 saturated heterocycles. The maximum Gasteiger partial charge on any atom is 0.162 e. The van der Waals surface area contributed by atoms with E-state index in [0.29, 0.717) is 24.8 Å². The van der Waals surface area contributed by atoms with E-state index in [2.05, 4.69) is 4.90 Å². The Morgan fingerprint density at radius 1 is 1.04 bits per heavy atom. The largest absolute Gasteiger partial charge is 0.385 e. The Kier molecular flexibility index (Phi) is 7.33. The monoisotopic (exact) mass is 377 g/mol. The van der Waals surface area contributed by atoms with Crippen LogP contribution < -0.4 is 0 Å². The molecular formula is C21H25ClFNO2. The molecule has 0 aliphatic carbocycles. The first kappa shape index (κ1) is 20.6. The zero-order valence-electron chi connectivity index (χ0n) is 14.7. The smallest absolute Gasteiger partial charge is 0.162 e. The summed E-state index contributed by atoms with van der Waals surface area (Å²) in [5.74, 6) is -0.270. The molecule has 0 radical (unpaired) electrons. The van der Waals surface area contributed by atoms with Crippen LogP contribution in [0.3, 0.4) is 0 Å². The molecule has 0 aromatic heterocycles. The minimum Gasteiger partial charge on any atom is -0.385 e. The van der Waals surface area contributed by atoms with Gasteiger partial charge in [-0.1, -0.05) is 30.3 Å². The van der Waals surface area contributed by atoms with Gasteiger partial charge in [-0.05, 0) is 55.6 Å². The molecule has 0 unspecified atom stereocenters. The number of aliphatic hydroxyl groups is 1. The van der Waals surface area contributed by atoms with Crippen molar-refractivity contribution in [1.29, 1.82) is 0 Å². The third kappa shape index (κ3) is 5.13. The molecule has 0 amide bonds. The molecule has 3 rings (SSSR count). The van der Waals surface area contributed by atoms with E-state index in [9.17, 15) is 14.3 Å². The molecule has 1 fully saturated rings. The number of rotatable bonds is 6. The average Bonchev–Trinajstić information content (AvgIpc) is 2.65. The highest BCUT2D eigenvalue weighted by molar-refractivity contribution is 5.95. The number of carbonyl (C=O) groups is 1. The fraction of sp³-hybridized carbons (Fsp3) is 0.381. The molecule has 0 spiro atoms. The average molecular weight is 378 g/mol. The molecule has 140 valence electrons. The zero-order valence-corrected chi connectivity index (χ0v) is 15.6. The highest BCUT2D eigenvalue weighted by Crippen LogP contribution is 2.32. The summed E-state index contributed by atoms with van der Waals surface area (Å²) in [5, 5.41) is 10.8. The number of Topliss-reactive ketones (excluding diaryl/α,β-unsaturated/α-hetero) is 1. The molecule has 5 heteroatoms. The maximum atomic E-state index is 12.9. The lowest BCUT2D eigenvalue weighted by Gasteiger charge is -2.38. The number of piperidine rings is 1. The Bertz CT molecular complexity index is 698. The summed E-state index contributed by atoms with van der Waals surface area (Å²) in [6, 6.07) is 15.6. The summed E-state index contributed by atoms with van der Waals surface area (Å²) in [4.78, 5) is 14.4. The molecule has 0 saturated carbocycles. The summed E-state index contributed by atoms with van der Waals surface area (Å²) >= 11 is 0. The minimum absolute atomic E-state index is 0. The van der Waals surface area contributed by atoms with Crippen molar-refractivity contribution >= 4 is 18.2 Å². The molecule has 1 heterocycles. The van der Waals surface area contributed by atoms with Crippen LogP contribution >= 0.6 is 12.4 Å². The first-order valence-electron chi connectivity index (χ1n) is 8.86. The molecule has 1 aliphatic heterocycles. The number of likely N-dealkylation sites (tertiary alicyclic amines) is 1. The Balaban J connectivity index is 0.00000243. The second kappa shape index (κ2) is 9.26. The second-order valence-electron chi connectivity index (χ2n) is 6.77. The number of halogens is 2. The number of carbonyl (C=O) groups excluding carboxylic acids is 1. The van der Waals surface area contributed by atoms with Crippen LogP contribution in [0.5, 0.6) is 0 Å². The van der Waals surface area contributed by atoms with Crippen molar-refractivity contribution < 1.29 is 14.3 Å². The van der Waals surface area contributed by atoms with Gasteiger partial charge in [0.25, 0.3) is 0 Å². The van der Waals surface area contributed by atoms with E-state index in [-0.39, 0.29) is 24.0 Å². The summed E-state index contributed by atoms with van der Waals surface area (Å²) in [6.45, 7) is 2.50. The van der Waals surface area contributed by atoms with Crippen LogP contribution in [0.1, 0.15) is 41.6 Å². The fourth-order valence-corrected chi connectivity index (χ4v) is 3.43. The van der Waals surface area contributed by atoms with Crippen LogP contribution in [0.2, 0.25) is 0 Å². The van der Waals surface area contributed by atoms with Gasteiger partial charge in [0.1, 0.15) is 5.82 Å². The molecule has 3 nitrogen and oxygen atoms in total. The quantitative estimate of drug-likeness (QED) is 0.767. The maximum absolute atomic E-state index is 12.9. The van der Waals surface area contributed by atoms with Gasteiger partial charge in [-0.3, -0.25) is 4.79 Å². The third-order valence-corrected chi connectivity index (χ3v) is 5.04. The van der Waals surface area contributed by atoms with Gasteiger partial charge in [-0.15, -0.1) is 12.4 Å². The number of hydrogen-bond acceptors (Lipinski definition) is 3. The van der Waals surface area contributed by atoms with Crippen molar-refractivity contribution in [1.82, 2.24) is 4.90 Å². The molecule has 2 aromatic rings. The van der Waals surface area contributed by atoms with E-state index in [1.165, 1.54) is 12.1 Å². The van der Waals surface area contributed by atoms with Gasteiger partial charge in [-0.2, -0.15) is 0 Å². The first-order chi connectivity index (χ1) is 12.1. The van der Waals surface area contributed by atoms with Crippen molar-refractivity contribution in [3.63, 3.8) is 0 Å². The van der Waals surface area contributed by atoms with Crippen molar-refractivity contribution in [3.05, 3.63) is 71.5 Å². The van der Waals surface area contributed by atoms with E-state index >= 15 is 0 Å². The summed E-state index contributed by atoms with van der Waals surface area (Å²) < 4.78 is 12.9.